The van der Waals surface area contributed by atoms with Crippen LogP contribution in [0, 0.1) is 6.92 Å². The van der Waals surface area contributed by atoms with Crippen LogP contribution in [0.5, 0.6) is 0 Å². The Labute approximate surface area is 108 Å². The zero-order valence-electron chi connectivity index (χ0n) is 10.7. The molecule has 7 heteroatoms. The van der Waals surface area contributed by atoms with Crippen molar-refractivity contribution in [3.05, 3.63) is 26.7 Å². The lowest BCUT2D eigenvalue weighted by molar-refractivity contribution is 0.337. The lowest BCUT2D eigenvalue weighted by Gasteiger charge is -2.22. The van der Waals surface area contributed by atoms with Gasteiger partial charge in [-0.05, 0) is 19.8 Å². The molecule has 3 rings (SSSR count). The fourth-order valence-electron chi connectivity index (χ4n) is 2.68. The number of aryl methyl sites for hydroxylation is 1. The van der Waals surface area contributed by atoms with Crippen LogP contribution in [0.4, 0.5) is 0 Å². The van der Waals surface area contributed by atoms with Crippen molar-refractivity contribution in [1.29, 1.82) is 0 Å². The molecule has 0 unspecified atom stereocenters. The van der Waals surface area contributed by atoms with Gasteiger partial charge in [0.05, 0.1) is 0 Å². The van der Waals surface area contributed by atoms with E-state index < -0.39 is 5.69 Å². The summed E-state index contributed by atoms with van der Waals surface area (Å²) in [6.45, 7) is 1.67. The Kier molecular flexibility index (Phi) is 2.88. The highest BCUT2D eigenvalue weighted by Gasteiger charge is 2.21. The molecule has 2 aromatic heterocycles. The Bertz CT molecular complexity index is 727. The van der Waals surface area contributed by atoms with Gasteiger partial charge in [-0.15, -0.1) is 10.2 Å². The van der Waals surface area contributed by atoms with Crippen molar-refractivity contribution in [2.24, 2.45) is 0 Å². The van der Waals surface area contributed by atoms with E-state index in [0.29, 0.717) is 5.82 Å². The molecule has 0 bridgehead atoms. The van der Waals surface area contributed by atoms with Gasteiger partial charge in [-0.1, -0.05) is 19.3 Å². The van der Waals surface area contributed by atoms with Crippen LogP contribution in [0.3, 0.4) is 0 Å². The second-order valence-electron chi connectivity index (χ2n) is 4.95. The van der Waals surface area contributed by atoms with Crippen molar-refractivity contribution in [3.63, 3.8) is 0 Å². The Morgan fingerprint density at radius 2 is 1.89 bits per heavy atom. The van der Waals surface area contributed by atoms with Crippen LogP contribution in [0.25, 0.3) is 11.2 Å². The quantitative estimate of drug-likeness (QED) is 0.815. The zero-order valence-corrected chi connectivity index (χ0v) is 10.7. The van der Waals surface area contributed by atoms with E-state index in [1.54, 1.807) is 6.92 Å². The van der Waals surface area contributed by atoms with E-state index in [2.05, 4.69) is 20.2 Å². The van der Waals surface area contributed by atoms with Crippen LogP contribution in [0.15, 0.2) is 9.59 Å². The fourth-order valence-corrected chi connectivity index (χ4v) is 2.68. The molecule has 7 nitrogen and oxygen atoms in total. The third-order valence-electron chi connectivity index (χ3n) is 3.60. The summed E-state index contributed by atoms with van der Waals surface area (Å²) < 4.78 is 1.30. The van der Waals surface area contributed by atoms with Gasteiger partial charge in [-0.3, -0.25) is 14.3 Å². The third-order valence-corrected chi connectivity index (χ3v) is 3.60. The minimum Gasteiger partial charge on any atom is -0.288 e. The van der Waals surface area contributed by atoms with E-state index in [9.17, 15) is 9.59 Å². The van der Waals surface area contributed by atoms with Crippen LogP contribution in [-0.2, 0) is 0 Å². The van der Waals surface area contributed by atoms with Gasteiger partial charge < -0.3 is 0 Å². The summed E-state index contributed by atoms with van der Waals surface area (Å²) >= 11 is 0. The Morgan fingerprint density at radius 1 is 1.16 bits per heavy atom. The van der Waals surface area contributed by atoms with Crippen molar-refractivity contribution in [2.45, 2.75) is 45.1 Å². The minimum absolute atomic E-state index is 0.0235. The Hall–Kier alpha value is -2.05. The third kappa shape index (κ3) is 2.05. The maximum Gasteiger partial charge on any atom is 0.330 e. The maximum absolute atomic E-state index is 12.4. The van der Waals surface area contributed by atoms with Crippen LogP contribution < -0.4 is 11.2 Å². The lowest BCUT2D eigenvalue weighted by atomic mass is 9.95. The largest absolute Gasteiger partial charge is 0.330 e. The predicted octanol–water partition coefficient (Wildman–Crippen LogP) is 0.688. The molecule has 1 fully saturated rings. The molecule has 0 aliphatic heterocycles. The van der Waals surface area contributed by atoms with Gasteiger partial charge in [-0.25, -0.2) is 9.78 Å². The standard InChI is InChI=1S/C12H15N5O2/c1-7-13-9-10(16-15-7)14-12(19)17(11(9)18)8-5-3-2-4-6-8/h8H,2-6H2,1H3,(H,14,16,19). The van der Waals surface area contributed by atoms with E-state index >= 15 is 0 Å². The summed E-state index contributed by atoms with van der Waals surface area (Å²) in [5.41, 5.74) is -0.418. The number of rotatable bonds is 1. The summed E-state index contributed by atoms with van der Waals surface area (Å²) in [6.07, 6.45) is 5.00. The molecule has 0 spiro atoms. The second-order valence-corrected chi connectivity index (χ2v) is 4.95. The van der Waals surface area contributed by atoms with Gasteiger partial charge in [0.15, 0.2) is 11.2 Å². The highest BCUT2D eigenvalue weighted by molar-refractivity contribution is 5.66. The van der Waals surface area contributed by atoms with E-state index in [0.717, 1.165) is 25.7 Å². The molecule has 2 heterocycles. The summed E-state index contributed by atoms with van der Waals surface area (Å²) in [5, 5.41) is 7.56. The van der Waals surface area contributed by atoms with Crippen molar-refractivity contribution < 1.29 is 0 Å². The van der Waals surface area contributed by atoms with Crippen molar-refractivity contribution >= 4 is 11.2 Å². The van der Waals surface area contributed by atoms with Gasteiger partial charge in [0.2, 0.25) is 0 Å². The minimum atomic E-state index is -0.413. The van der Waals surface area contributed by atoms with Crippen LogP contribution in [0.1, 0.15) is 44.0 Å². The Balaban J connectivity index is 2.24. The average Bonchev–Trinajstić information content (AvgIpc) is 2.41. The molecular weight excluding hydrogens is 246 g/mol. The summed E-state index contributed by atoms with van der Waals surface area (Å²) in [4.78, 5) is 31.2. The second kappa shape index (κ2) is 4.56. The van der Waals surface area contributed by atoms with Crippen LogP contribution in [-0.4, -0.2) is 24.7 Å². The molecular formula is C12H15N5O2. The highest BCUT2D eigenvalue weighted by Crippen LogP contribution is 2.25. The summed E-state index contributed by atoms with van der Waals surface area (Å²) in [5.74, 6) is 0.423. The molecule has 100 valence electrons. The van der Waals surface area contributed by atoms with Crippen molar-refractivity contribution in [2.75, 3.05) is 0 Å². The fraction of sp³-hybridized carbons (Fsp3) is 0.583. The van der Waals surface area contributed by atoms with E-state index in [4.69, 9.17) is 0 Å². The number of aromatic nitrogens is 5. The van der Waals surface area contributed by atoms with Gasteiger partial charge in [0.25, 0.3) is 5.56 Å². The predicted molar refractivity (Wildman–Crippen MR) is 69.1 cm³/mol. The zero-order chi connectivity index (χ0) is 13.4. The van der Waals surface area contributed by atoms with Crippen LogP contribution in [0.2, 0.25) is 0 Å². The first-order valence-electron chi connectivity index (χ1n) is 6.52. The highest BCUT2D eigenvalue weighted by atomic mass is 16.2. The first kappa shape index (κ1) is 12.0. The first-order chi connectivity index (χ1) is 9.16. The molecule has 0 atom stereocenters. The molecule has 0 amide bonds. The Morgan fingerprint density at radius 3 is 2.63 bits per heavy atom. The molecule has 1 N–H and O–H groups in total. The van der Waals surface area contributed by atoms with Crippen LogP contribution >= 0.6 is 0 Å². The van der Waals surface area contributed by atoms with Gasteiger partial charge in [0, 0.05) is 6.04 Å². The van der Waals surface area contributed by atoms with Gasteiger partial charge in [0.1, 0.15) is 5.82 Å². The molecule has 0 aromatic carbocycles. The smallest absolute Gasteiger partial charge is 0.288 e. The number of nitrogens with zero attached hydrogens (tertiary/aromatic N) is 4. The van der Waals surface area contributed by atoms with E-state index in [1.165, 1.54) is 11.0 Å². The maximum atomic E-state index is 12.4. The molecule has 1 aliphatic carbocycles. The first-order valence-corrected chi connectivity index (χ1v) is 6.52. The van der Waals surface area contributed by atoms with Crippen molar-refractivity contribution in [1.82, 2.24) is 24.7 Å². The SMILES string of the molecule is Cc1nnc2[nH]c(=O)n(C3CCCCC3)c(=O)c2n1. The number of H-pyrrole nitrogens is 1. The molecule has 2 aromatic rings. The molecule has 19 heavy (non-hydrogen) atoms. The number of nitrogens with one attached hydrogen (secondary N) is 1. The van der Waals surface area contributed by atoms with Crippen molar-refractivity contribution in [3.8, 4) is 0 Å². The number of hydrogen-bond donors (Lipinski definition) is 1. The monoisotopic (exact) mass is 261 g/mol. The van der Waals surface area contributed by atoms with Gasteiger partial charge in [-0.2, -0.15) is 0 Å². The molecule has 1 saturated carbocycles. The number of aromatic amines is 1. The van der Waals surface area contributed by atoms with Gasteiger partial charge >= 0.3 is 5.69 Å². The van der Waals surface area contributed by atoms with E-state index in [1.807, 2.05) is 0 Å². The number of hydrogen-bond acceptors (Lipinski definition) is 5. The molecule has 0 radical (unpaired) electrons. The van der Waals surface area contributed by atoms with E-state index in [-0.39, 0.29) is 22.8 Å². The average molecular weight is 261 g/mol. The summed E-state index contributed by atoms with van der Waals surface area (Å²) in [6, 6.07) is -0.0235. The molecule has 1 aliphatic rings. The molecule has 0 saturated heterocycles. The summed E-state index contributed by atoms with van der Waals surface area (Å²) in [7, 11) is 0. The normalized spacial score (nSPS) is 16.9. The topological polar surface area (TPSA) is 93.5 Å². The lowest BCUT2D eigenvalue weighted by Crippen LogP contribution is -2.39. The number of fused-ring (bicyclic) bond motifs is 1.